The summed E-state index contributed by atoms with van der Waals surface area (Å²) in [6.07, 6.45) is 4.81. The van der Waals surface area contributed by atoms with Gasteiger partial charge in [0.15, 0.2) is 0 Å². The molecule has 1 aromatic carbocycles. The number of aromatic carboxylic acids is 1. The summed E-state index contributed by atoms with van der Waals surface area (Å²) in [5.74, 6) is -0.426. The highest BCUT2D eigenvalue weighted by molar-refractivity contribution is 5.93. The Labute approximate surface area is 160 Å². The lowest BCUT2D eigenvalue weighted by atomic mass is 9.76. The Morgan fingerprint density at radius 1 is 1.22 bits per heavy atom. The maximum atomic E-state index is 11.6. The van der Waals surface area contributed by atoms with Crippen molar-refractivity contribution in [2.24, 2.45) is 5.41 Å². The van der Waals surface area contributed by atoms with Crippen molar-refractivity contribution >= 4 is 11.8 Å². The molecule has 1 aromatic heterocycles. The number of aromatic nitrogens is 1. The van der Waals surface area contributed by atoms with Gasteiger partial charge in [0.2, 0.25) is 0 Å². The zero-order valence-corrected chi connectivity index (χ0v) is 15.9. The number of anilines is 1. The van der Waals surface area contributed by atoms with E-state index in [4.69, 9.17) is 0 Å². The summed E-state index contributed by atoms with van der Waals surface area (Å²) in [7, 11) is 0. The van der Waals surface area contributed by atoms with E-state index in [1.165, 1.54) is 5.56 Å². The average Bonchev–Trinajstić information content (AvgIpc) is 2.68. The van der Waals surface area contributed by atoms with Gasteiger partial charge in [-0.2, -0.15) is 0 Å². The molecule has 2 aromatic rings. The summed E-state index contributed by atoms with van der Waals surface area (Å²) in [5, 5.41) is 19.7. The first-order valence-electron chi connectivity index (χ1n) is 9.64. The number of benzene rings is 1. The van der Waals surface area contributed by atoms with Crippen LogP contribution in [0.1, 0.15) is 47.3 Å². The number of carboxylic acid groups (broad SMARTS) is 1. The molecule has 0 saturated carbocycles. The second-order valence-electron chi connectivity index (χ2n) is 7.65. The van der Waals surface area contributed by atoms with Crippen molar-refractivity contribution in [1.82, 2.24) is 4.98 Å². The highest BCUT2D eigenvalue weighted by Gasteiger charge is 2.36. The van der Waals surface area contributed by atoms with Crippen LogP contribution in [0.3, 0.4) is 0 Å². The molecule has 1 saturated heterocycles. The Kier molecular flexibility index (Phi) is 6.11. The van der Waals surface area contributed by atoms with Crippen LogP contribution in [0.15, 0.2) is 42.5 Å². The number of rotatable bonds is 7. The van der Waals surface area contributed by atoms with Gasteiger partial charge in [0.05, 0.1) is 6.61 Å². The third-order valence-electron chi connectivity index (χ3n) is 5.56. The van der Waals surface area contributed by atoms with Crippen molar-refractivity contribution in [3.05, 3.63) is 59.3 Å². The maximum Gasteiger partial charge on any atom is 0.339 e. The van der Waals surface area contributed by atoms with Gasteiger partial charge in [-0.25, -0.2) is 9.78 Å². The molecule has 0 radical (unpaired) electrons. The van der Waals surface area contributed by atoms with Crippen LogP contribution in [0.4, 0.5) is 5.82 Å². The van der Waals surface area contributed by atoms with Crippen molar-refractivity contribution < 1.29 is 15.0 Å². The minimum atomic E-state index is -0.957. The van der Waals surface area contributed by atoms with Crippen LogP contribution in [0.2, 0.25) is 0 Å². The first kappa shape index (κ1) is 19.4. The Balaban J connectivity index is 1.73. The van der Waals surface area contributed by atoms with Gasteiger partial charge in [0, 0.05) is 24.2 Å². The largest absolute Gasteiger partial charge is 0.478 e. The number of carboxylic acids is 1. The second-order valence-corrected chi connectivity index (χ2v) is 7.65. The van der Waals surface area contributed by atoms with Crippen molar-refractivity contribution in [3.63, 3.8) is 0 Å². The lowest BCUT2D eigenvalue weighted by molar-refractivity contribution is 0.0695. The zero-order chi connectivity index (χ0) is 19.3. The van der Waals surface area contributed by atoms with E-state index < -0.39 is 5.97 Å². The molecule has 1 aliphatic rings. The predicted octanol–water partition coefficient (Wildman–Crippen LogP) is 3.69. The number of carbonyl (C=O) groups is 1. The van der Waals surface area contributed by atoms with Crippen molar-refractivity contribution in [3.8, 4) is 0 Å². The number of aliphatic hydroxyl groups excluding tert-OH is 1. The molecule has 3 rings (SSSR count). The molecular formula is C22H28N2O3. The number of aliphatic hydroxyl groups is 1. The molecule has 5 heteroatoms. The van der Waals surface area contributed by atoms with Crippen LogP contribution in [0, 0.1) is 12.3 Å². The Hall–Kier alpha value is -2.40. The molecule has 1 atom stereocenters. The predicted molar refractivity (Wildman–Crippen MR) is 106 cm³/mol. The summed E-state index contributed by atoms with van der Waals surface area (Å²) in [4.78, 5) is 18.2. The summed E-state index contributed by atoms with van der Waals surface area (Å²) in [6, 6.07) is 13.8. The van der Waals surface area contributed by atoms with E-state index in [2.05, 4.69) is 34.1 Å². The first-order valence-corrected chi connectivity index (χ1v) is 9.64. The lowest BCUT2D eigenvalue weighted by Crippen LogP contribution is -2.46. The molecule has 2 heterocycles. The molecule has 144 valence electrons. The first-order chi connectivity index (χ1) is 13.0. The van der Waals surface area contributed by atoms with E-state index in [-0.39, 0.29) is 17.6 Å². The highest BCUT2D eigenvalue weighted by atomic mass is 16.4. The summed E-state index contributed by atoms with van der Waals surface area (Å²) < 4.78 is 0. The Bertz CT molecular complexity index is 778. The van der Waals surface area contributed by atoms with Gasteiger partial charge < -0.3 is 15.1 Å². The van der Waals surface area contributed by atoms with E-state index in [0.29, 0.717) is 12.4 Å². The Morgan fingerprint density at radius 2 is 2.00 bits per heavy atom. The molecule has 27 heavy (non-hydrogen) atoms. The van der Waals surface area contributed by atoms with E-state index in [9.17, 15) is 15.0 Å². The molecule has 1 fully saturated rings. The van der Waals surface area contributed by atoms with E-state index in [1.54, 1.807) is 12.1 Å². The van der Waals surface area contributed by atoms with Crippen LogP contribution in [0.25, 0.3) is 0 Å². The van der Waals surface area contributed by atoms with Gasteiger partial charge in [-0.05, 0) is 56.7 Å². The number of aryl methyl sites for hydroxylation is 2. The normalized spacial score (nSPS) is 19.9. The smallest absolute Gasteiger partial charge is 0.339 e. The quantitative estimate of drug-likeness (QED) is 0.780. The van der Waals surface area contributed by atoms with Gasteiger partial charge in [0.1, 0.15) is 11.4 Å². The number of nitrogens with zero attached hydrogens (tertiary/aromatic N) is 2. The van der Waals surface area contributed by atoms with Crippen molar-refractivity contribution in [2.75, 3.05) is 24.6 Å². The van der Waals surface area contributed by atoms with E-state index >= 15 is 0 Å². The topological polar surface area (TPSA) is 73.7 Å². The lowest BCUT2D eigenvalue weighted by Gasteiger charge is -2.43. The molecule has 2 N–H and O–H groups in total. The summed E-state index contributed by atoms with van der Waals surface area (Å²) in [6.45, 7) is 3.41. The van der Waals surface area contributed by atoms with E-state index in [1.807, 2.05) is 13.0 Å². The summed E-state index contributed by atoms with van der Waals surface area (Å²) in [5.41, 5.74) is 2.15. The maximum absolute atomic E-state index is 11.6. The number of hydrogen-bond acceptors (Lipinski definition) is 4. The van der Waals surface area contributed by atoms with Gasteiger partial charge in [0.25, 0.3) is 0 Å². The fourth-order valence-corrected chi connectivity index (χ4v) is 4.06. The van der Waals surface area contributed by atoms with Crippen molar-refractivity contribution in [1.29, 1.82) is 0 Å². The average molecular weight is 368 g/mol. The number of hydrogen-bond donors (Lipinski definition) is 2. The molecule has 0 bridgehead atoms. The van der Waals surface area contributed by atoms with Crippen LogP contribution < -0.4 is 4.90 Å². The van der Waals surface area contributed by atoms with Gasteiger partial charge >= 0.3 is 5.97 Å². The second kappa shape index (κ2) is 8.53. The number of piperidine rings is 1. The molecule has 0 amide bonds. The third-order valence-corrected chi connectivity index (χ3v) is 5.56. The molecular weight excluding hydrogens is 340 g/mol. The van der Waals surface area contributed by atoms with E-state index in [0.717, 1.165) is 44.3 Å². The Morgan fingerprint density at radius 3 is 2.70 bits per heavy atom. The molecule has 1 aliphatic heterocycles. The molecule has 1 unspecified atom stereocenters. The molecule has 5 nitrogen and oxygen atoms in total. The SMILES string of the molecule is Cc1ccc(C(=O)O)c(N2CCCC(CO)(CCCc3ccccc3)C2)n1. The monoisotopic (exact) mass is 368 g/mol. The zero-order valence-electron chi connectivity index (χ0n) is 15.9. The minimum Gasteiger partial charge on any atom is -0.478 e. The van der Waals surface area contributed by atoms with Gasteiger partial charge in [-0.15, -0.1) is 0 Å². The summed E-state index contributed by atoms with van der Waals surface area (Å²) >= 11 is 0. The fraction of sp³-hybridized carbons (Fsp3) is 0.455. The molecule has 0 aliphatic carbocycles. The van der Waals surface area contributed by atoms with Crippen LogP contribution in [-0.2, 0) is 6.42 Å². The number of pyridine rings is 1. The van der Waals surface area contributed by atoms with Gasteiger partial charge in [-0.1, -0.05) is 30.3 Å². The van der Waals surface area contributed by atoms with Crippen LogP contribution in [-0.4, -0.2) is 40.9 Å². The highest BCUT2D eigenvalue weighted by Crippen LogP contribution is 2.37. The molecule has 0 spiro atoms. The van der Waals surface area contributed by atoms with Gasteiger partial charge in [-0.3, -0.25) is 0 Å². The van der Waals surface area contributed by atoms with Crippen molar-refractivity contribution in [2.45, 2.75) is 39.0 Å². The fourth-order valence-electron chi connectivity index (χ4n) is 4.06. The standard InChI is InChI=1S/C22H28N2O3/c1-17-10-11-19(21(26)27)20(23-17)24-14-6-13-22(15-24,16-25)12-5-9-18-7-3-2-4-8-18/h2-4,7-8,10-11,25H,5-6,9,12-16H2,1H3,(H,26,27). The van der Waals surface area contributed by atoms with Crippen LogP contribution in [0.5, 0.6) is 0 Å². The third kappa shape index (κ3) is 4.66. The minimum absolute atomic E-state index is 0.118. The van der Waals surface area contributed by atoms with Crippen LogP contribution >= 0.6 is 0 Å².